The number of benzene rings is 2. The predicted molar refractivity (Wildman–Crippen MR) is 120 cm³/mol. The zero-order valence-electron chi connectivity index (χ0n) is 16.8. The molecule has 32 heavy (non-hydrogen) atoms. The van der Waals surface area contributed by atoms with Crippen molar-refractivity contribution in [1.82, 2.24) is 0 Å². The molecule has 11 heteroatoms. The van der Waals surface area contributed by atoms with E-state index in [1.807, 2.05) is 0 Å². The van der Waals surface area contributed by atoms with Gasteiger partial charge in [-0.2, -0.15) is 0 Å². The minimum Gasteiger partial charge on any atom is -0.384 e. The number of amides is 3. The van der Waals surface area contributed by atoms with Crippen molar-refractivity contribution in [2.75, 3.05) is 28.7 Å². The van der Waals surface area contributed by atoms with Gasteiger partial charge in [0.05, 0.1) is 13.0 Å². The number of nitrogen functional groups attached to an aromatic ring is 1. The molecule has 2 aliphatic heterocycles. The van der Waals surface area contributed by atoms with Gasteiger partial charge in [-0.1, -0.05) is 0 Å². The summed E-state index contributed by atoms with van der Waals surface area (Å²) in [6, 6.07) is 11.4. The van der Waals surface area contributed by atoms with Crippen molar-refractivity contribution in [2.45, 2.75) is 18.6 Å². The minimum absolute atomic E-state index is 0. The largest absolute Gasteiger partial charge is 0.384 e. The lowest BCUT2D eigenvalue weighted by atomic mass is 10.1. The number of ether oxygens (including phenoxy) is 1. The van der Waals surface area contributed by atoms with Crippen LogP contribution in [0.25, 0.3) is 0 Å². The third-order valence-electron chi connectivity index (χ3n) is 5.17. The van der Waals surface area contributed by atoms with E-state index in [2.05, 4.69) is 10.6 Å². The van der Waals surface area contributed by atoms with Crippen LogP contribution in [-0.2, 0) is 25.5 Å². The van der Waals surface area contributed by atoms with Gasteiger partial charge < -0.3 is 31.1 Å². The van der Waals surface area contributed by atoms with Crippen LogP contribution < -0.4 is 21.3 Å². The van der Waals surface area contributed by atoms with E-state index in [4.69, 9.17) is 15.9 Å². The van der Waals surface area contributed by atoms with Gasteiger partial charge in [-0.25, -0.2) is 0 Å². The Labute approximate surface area is 189 Å². The first-order chi connectivity index (χ1) is 14.8. The number of aliphatic hydroxyl groups is 1. The number of aliphatic hydroxyl groups excluding tert-OH is 1. The van der Waals surface area contributed by atoms with Crippen LogP contribution in [0.5, 0.6) is 0 Å². The highest BCUT2D eigenvalue weighted by Gasteiger charge is 2.39. The first kappa shape index (κ1) is 23.2. The second kappa shape index (κ2) is 9.35. The molecule has 2 aromatic carbocycles. The number of amidine groups is 1. The van der Waals surface area contributed by atoms with Gasteiger partial charge in [-0.05, 0) is 48.0 Å². The Hall–Kier alpha value is -3.47. The highest BCUT2D eigenvalue weighted by molar-refractivity contribution is 6.05. The lowest BCUT2D eigenvalue weighted by Crippen LogP contribution is -2.55. The van der Waals surface area contributed by atoms with E-state index in [-0.39, 0.29) is 43.7 Å². The lowest BCUT2D eigenvalue weighted by molar-refractivity contribution is -0.150. The Bertz CT molecular complexity index is 1070. The van der Waals surface area contributed by atoms with Crippen LogP contribution in [0, 0.1) is 5.41 Å². The molecule has 1 saturated heterocycles. The molecule has 0 saturated carbocycles. The van der Waals surface area contributed by atoms with Crippen LogP contribution in [0.1, 0.15) is 11.1 Å². The van der Waals surface area contributed by atoms with E-state index in [1.165, 1.54) is 17.0 Å². The highest BCUT2D eigenvalue weighted by Crippen LogP contribution is 2.29. The number of nitrogens with zero attached hydrogens (tertiary/aromatic N) is 1. The molecule has 10 nitrogen and oxygen atoms in total. The van der Waals surface area contributed by atoms with Crippen LogP contribution in [0.4, 0.5) is 17.1 Å². The summed E-state index contributed by atoms with van der Waals surface area (Å²) in [7, 11) is 0. The van der Waals surface area contributed by atoms with Crippen molar-refractivity contribution in [3.8, 4) is 0 Å². The van der Waals surface area contributed by atoms with Gasteiger partial charge in [-0.15, -0.1) is 12.4 Å². The summed E-state index contributed by atoms with van der Waals surface area (Å²) in [5.74, 6) is -1.55. The van der Waals surface area contributed by atoms with Crippen LogP contribution in [-0.4, -0.2) is 54.0 Å². The molecule has 4 rings (SSSR count). The van der Waals surface area contributed by atoms with E-state index in [0.29, 0.717) is 22.6 Å². The van der Waals surface area contributed by atoms with Gasteiger partial charge >= 0.3 is 0 Å². The molecule has 1 fully saturated rings. The summed E-state index contributed by atoms with van der Waals surface area (Å²) in [6.07, 6.45) is -2.85. The van der Waals surface area contributed by atoms with Crippen LogP contribution in [0.15, 0.2) is 42.5 Å². The maximum Gasteiger partial charge on any atom is 0.259 e. The smallest absolute Gasteiger partial charge is 0.259 e. The van der Waals surface area contributed by atoms with Gasteiger partial charge in [-0.3, -0.25) is 19.8 Å². The van der Waals surface area contributed by atoms with E-state index >= 15 is 0 Å². The van der Waals surface area contributed by atoms with Crippen molar-refractivity contribution in [2.24, 2.45) is 5.73 Å². The van der Waals surface area contributed by atoms with Gasteiger partial charge in [0.1, 0.15) is 5.84 Å². The second-order valence-corrected chi connectivity index (χ2v) is 7.27. The van der Waals surface area contributed by atoms with Crippen LogP contribution in [0.2, 0.25) is 0 Å². The maximum absolute atomic E-state index is 12.9. The fraction of sp³-hybridized carbons (Fsp3) is 0.238. The zero-order chi connectivity index (χ0) is 22.1. The Morgan fingerprint density at radius 2 is 1.97 bits per heavy atom. The number of hydrogen-bond acceptors (Lipinski definition) is 6. The molecule has 0 radical (unpaired) electrons. The molecule has 2 heterocycles. The summed E-state index contributed by atoms with van der Waals surface area (Å²) >= 11 is 0. The van der Waals surface area contributed by atoms with Crippen molar-refractivity contribution in [3.05, 3.63) is 53.6 Å². The number of halogens is 1. The molecule has 2 aliphatic rings. The molecule has 6 N–H and O–H groups in total. The SMILES string of the molecule is Cl.N=C(N)c1ccc(NC(=O)C(O)[C@H]2OCCN(c3ccc4c(c3)CC(=O)N4)C2=O)cc1. The second-order valence-electron chi connectivity index (χ2n) is 7.27. The zero-order valence-corrected chi connectivity index (χ0v) is 17.6. The number of carbonyl (C=O) groups is 3. The number of anilines is 3. The van der Waals surface area contributed by atoms with E-state index in [0.717, 1.165) is 5.56 Å². The molecule has 2 aromatic rings. The average Bonchev–Trinajstić information content (AvgIpc) is 3.13. The molecule has 1 unspecified atom stereocenters. The van der Waals surface area contributed by atoms with Crippen molar-refractivity contribution in [1.29, 1.82) is 5.41 Å². The first-order valence-electron chi connectivity index (χ1n) is 9.62. The summed E-state index contributed by atoms with van der Waals surface area (Å²) < 4.78 is 5.41. The molecular formula is C21H22ClN5O5. The highest BCUT2D eigenvalue weighted by atomic mass is 35.5. The predicted octanol–water partition coefficient (Wildman–Crippen LogP) is 0.618. The van der Waals surface area contributed by atoms with Gasteiger partial charge in [0.2, 0.25) is 5.91 Å². The molecule has 0 bridgehead atoms. The molecule has 168 valence electrons. The molecule has 0 aromatic heterocycles. The number of carbonyl (C=O) groups excluding carboxylic acids is 3. The Morgan fingerprint density at radius 1 is 1.25 bits per heavy atom. The Morgan fingerprint density at radius 3 is 2.66 bits per heavy atom. The number of nitrogens with one attached hydrogen (secondary N) is 3. The van der Waals surface area contributed by atoms with Crippen LogP contribution >= 0.6 is 12.4 Å². The monoisotopic (exact) mass is 459 g/mol. The molecule has 0 aliphatic carbocycles. The number of nitrogens with two attached hydrogens (primary N) is 1. The quantitative estimate of drug-likeness (QED) is 0.325. The van der Waals surface area contributed by atoms with Crippen molar-refractivity contribution < 1.29 is 24.2 Å². The maximum atomic E-state index is 12.9. The fourth-order valence-electron chi connectivity index (χ4n) is 3.56. The summed E-state index contributed by atoms with van der Waals surface area (Å²) in [5.41, 5.74) is 8.34. The summed E-state index contributed by atoms with van der Waals surface area (Å²) in [4.78, 5) is 38.4. The van der Waals surface area contributed by atoms with E-state index in [1.54, 1.807) is 30.3 Å². The summed E-state index contributed by atoms with van der Waals surface area (Å²) in [5, 5.41) is 23.1. The lowest BCUT2D eigenvalue weighted by Gasteiger charge is -2.34. The molecule has 0 spiro atoms. The molecule has 3 amide bonds. The Balaban J connectivity index is 0.00000289. The first-order valence-corrected chi connectivity index (χ1v) is 9.62. The number of morpholine rings is 1. The van der Waals surface area contributed by atoms with Gasteiger partial charge in [0.15, 0.2) is 12.2 Å². The normalized spacial score (nSPS) is 18.3. The third kappa shape index (κ3) is 4.57. The van der Waals surface area contributed by atoms with E-state index < -0.39 is 24.0 Å². The van der Waals surface area contributed by atoms with Crippen molar-refractivity contribution >= 4 is 53.0 Å². The standard InChI is InChI=1S/C21H21N5O5.ClH/c22-19(23)11-1-3-13(4-2-11)24-20(29)17(28)18-21(30)26(7-8-31-18)14-5-6-15-12(9-14)10-16(27)25-15;/h1-6,9,17-18,28H,7-8,10H2,(H3,22,23)(H,24,29)(H,25,27);1H/t17?,18-;/m1./s1. The third-order valence-corrected chi connectivity index (χ3v) is 5.17. The molecular weight excluding hydrogens is 438 g/mol. The number of fused-ring (bicyclic) bond motifs is 1. The van der Waals surface area contributed by atoms with E-state index in [9.17, 15) is 19.5 Å². The number of hydrogen-bond donors (Lipinski definition) is 5. The van der Waals surface area contributed by atoms with Gasteiger partial charge in [0.25, 0.3) is 11.8 Å². The average molecular weight is 460 g/mol. The fourth-order valence-corrected chi connectivity index (χ4v) is 3.56. The van der Waals surface area contributed by atoms with Crippen molar-refractivity contribution in [3.63, 3.8) is 0 Å². The Kier molecular flexibility index (Phi) is 6.78. The van der Waals surface area contributed by atoms with Crippen LogP contribution in [0.3, 0.4) is 0 Å². The van der Waals surface area contributed by atoms with Gasteiger partial charge in [0, 0.05) is 29.2 Å². The molecule has 2 atom stereocenters. The topological polar surface area (TPSA) is 158 Å². The number of rotatable bonds is 5. The summed E-state index contributed by atoms with van der Waals surface area (Å²) in [6.45, 7) is 0.401. The minimum atomic E-state index is -1.72.